The number of carbonyl (C=O) groups is 2. The van der Waals surface area contributed by atoms with Gasteiger partial charge in [-0.05, 0) is 42.9 Å². The van der Waals surface area contributed by atoms with Crippen molar-refractivity contribution in [2.24, 2.45) is 11.7 Å². The third-order valence-electron chi connectivity index (χ3n) is 5.42. The van der Waals surface area contributed by atoms with Gasteiger partial charge in [-0.15, -0.1) is 0 Å². The quantitative estimate of drug-likeness (QED) is 0.873. The van der Waals surface area contributed by atoms with Gasteiger partial charge in [-0.25, -0.2) is 9.37 Å². The van der Waals surface area contributed by atoms with E-state index in [4.69, 9.17) is 5.73 Å². The van der Waals surface area contributed by atoms with Crippen molar-refractivity contribution in [3.8, 4) is 10.4 Å². The van der Waals surface area contributed by atoms with Crippen LogP contribution < -0.4 is 10.6 Å². The predicted molar refractivity (Wildman–Crippen MR) is 102 cm³/mol. The van der Waals surface area contributed by atoms with Gasteiger partial charge in [0, 0.05) is 20.1 Å². The Morgan fingerprint density at radius 1 is 1.26 bits per heavy atom. The Labute approximate surface area is 160 Å². The fraction of sp³-hybridized carbons (Fsp3) is 0.421. The van der Waals surface area contributed by atoms with Crippen LogP contribution >= 0.6 is 11.3 Å². The lowest BCUT2D eigenvalue weighted by molar-refractivity contribution is -0.123. The molecule has 2 aromatic rings. The zero-order valence-corrected chi connectivity index (χ0v) is 16.0. The molecule has 2 N–H and O–H groups in total. The number of thiazole rings is 1. The Bertz CT molecular complexity index is 896. The minimum atomic E-state index is -0.568. The molecule has 27 heavy (non-hydrogen) atoms. The van der Waals surface area contributed by atoms with Gasteiger partial charge in [-0.3, -0.25) is 9.59 Å². The largest absolute Gasteiger partial charge is 0.368 e. The molecule has 6 nitrogen and oxygen atoms in total. The fourth-order valence-electron chi connectivity index (χ4n) is 4.21. The summed E-state index contributed by atoms with van der Waals surface area (Å²) < 4.78 is 13.3. The molecule has 2 amide bonds. The van der Waals surface area contributed by atoms with Gasteiger partial charge in [0.15, 0.2) is 5.13 Å². The molecular formula is C19H21FN4O2S. The number of likely N-dealkylation sites (tertiary alicyclic amines) is 1. The maximum Gasteiger partial charge on any atom is 0.275 e. The van der Waals surface area contributed by atoms with Gasteiger partial charge < -0.3 is 15.5 Å². The summed E-state index contributed by atoms with van der Waals surface area (Å²) in [6.45, 7) is 0. The van der Waals surface area contributed by atoms with Crippen molar-refractivity contribution < 1.29 is 14.0 Å². The van der Waals surface area contributed by atoms with Crippen molar-refractivity contribution in [3.63, 3.8) is 0 Å². The van der Waals surface area contributed by atoms with Crippen molar-refractivity contribution in [1.29, 1.82) is 0 Å². The molecule has 0 spiro atoms. The number of hydrogen-bond acceptors (Lipinski definition) is 5. The summed E-state index contributed by atoms with van der Waals surface area (Å²) in [6, 6.07) is 5.47. The van der Waals surface area contributed by atoms with Crippen molar-refractivity contribution in [3.05, 3.63) is 35.8 Å². The molecule has 1 aromatic carbocycles. The summed E-state index contributed by atoms with van der Waals surface area (Å²) in [5.41, 5.74) is 6.64. The van der Waals surface area contributed by atoms with E-state index in [0.717, 1.165) is 24.8 Å². The van der Waals surface area contributed by atoms with E-state index >= 15 is 0 Å². The molecule has 142 valence electrons. The van der Waals surface area contributed by atoms with Crippen LogP contribution in [0.15, 0.2) is 24.3 Å². The number of piperidine rings is 1. The molecule has 3 atom stereocenters. The Kier molecular flexibility index (Phi) is 4.38. The van der Waals surface area contributed by atoms with E-state index in [1.807, 2.05) is 19.0 Å². The van der Waals surface area contributed by atoms with Crippen molar-refractivity contribution in [1.82, 2.24) is 9.88 Å². The zero-order valence-electron chi connectivity index (χ0n) is 15.2. The molecule has 1 saturated carbocycles. The van der Waals surface area contributed by atoms with Crippen LogP contribution in [0.2, 0.25) is 0 Å². The molecule has 2 fully saturated rings. The van der Waals surface area contributed by atoms with Crippen LogP contribution in [-0.2, 0) is 4.79 Å². The average molecular weight is 388 g/mol. The minimum Gasteiger partial charge on any atom is -0.368 e. The van der Waals surface area contributed by atoms with Crippen LogP contribution in [0.4, 0.5) is 9.52 Å². The number of aromatic nitrogens is 1. The molecule has 4 rings (SSSR count). The van der Waals surface area contributed by atoms with Crippen LogP contribution in [0.5, 0.6) is 0 Å². The Hall–Kier alpha value is -2.48. The Morgan fingerprint density at radius 3 is 2.59 bits per heavy atom. The molecule has 1 aliphatic heterocycles. The van der Waals surface area contributed by atoms with E-state index in [0.29, 0.717) is 15.7 Å². The first kappa shape index (κ1) is 17.9. The van der Waals surface area contributed by atoms with E-state index in [1.54, 1.807) is 17.0 Å². The molecule has 1 saturated heterocycles. The molecule has 2 bridgehead atoms. The second-order valence-electron chi connectivity index (χ2n) is 7.36. The van der Waals surface area contributed by atoms with E-state index in [1.165, 1.54) is 23.5 Å². The van der Waals surface area contributed by atoms with Crippen molar-refractivity contribution in [2.75, 3.05) is 19.0 Å². The van der Waals surface area contributed by atoms with Crippen molar-refractivity contribution >= 4 is 28.3 Å². The number of anilines is 1. The first-order valence-electron chi connectivity index (χ1n) is 8.93. The fourth-order valence-corrected chi connectivity index (χ4v) is 5.20. The summed E-state index contributed by atoms with van der Waals surface area (Å²) in [5, 5.41) is 0.678. The van der Waals surface area contributed by atoms with Crippen LogP contribution in [0.3, 0.4) is 0 Å². The summed E-state index contributed by atoms with van der Waals surface area (Å²) in [6.07, 6.45) is 2.62. The molecule has 0 unspecified atom stereocenters. The number of nitrogens with zero attached hydrogens (tertiary/aromatic N) is 3. The molecule has 2 aliphatic rings. The number of carbonyl (C=O) groups excluding carboxylic acids is 2. The molecular weight excluding hydrogens is 367 g/mol. The Balaban J connectivity index is 1.77. The first-order valence-corrected chi connectivity index (χ1v) is 9.74. The van der Waals surface area contributed by atoms with Gasteiger partial charge >= 0.3 is 0 Å². The monoisotopic (exact) mass is 388 g/mol. The number of rotatable bonds is 4. The van der Waals surface area contributed by atoms with Crippen LogP contribution in [0, 0.1) is 11.7 Å². The van der Waals surface area contributed by atoms with E-state index in [9.17, 15) is 14.0 Å². The minimum absolute atomic E-state index is 0.0329. The van der Waals surface area contributed by atoms with Gasteiger partial charge in [0.05, 0.1) is 4.88 Å². The van der Waals surface area contributed by atoms with Crippen LogP contribution in [-0.4, -0.2) is 47.9 Å². The second kappa shape index (κ2) is 6.60. The van der Waals surface area contributed by atoms with Crippen LogP contribution in [0.1, 0.15) is 29.8 Å². The zero-order chi connectivity index (χ0) is 19.3. The number of primary amides is 1. The second-order valence-corrected chi connectivity index (χ2v) is 8.34. The molecule has 2 heterocycles. The molecule has 8 heteroatoms. The van der Waals surface area contributed by atoms with Crippen LogP contribution in [0.25, 0.3) is 10.4 Å². The lowest BCUT2D eigenvalue weighted by Gasteiger charge is -2.33. The van der Waals surface area contributed by atoms with Gasteiger partial charge in [0.1, 0.15) is 17.6 Å². The lowest BCUT2D eigenvalue weighted by atomic mass is 9.97. The van der Waals surface area contributed by atoms with Gasteiger partial charge in [-0.2, -0.15) is 0 Å². The number of hydrogen-bond donors (Lipinski definition) is 1. The van der Waals surface area contributed by atoms with E-state index in [2.05, 4.69) is 4.98 Å². The summed E-state index contributed by atoms with van der Waals surface area (Å²) >= 11 is 1.37. The van der Waals surface area contributed by atoms with Gasteiger partial charge in [0.25, 0.3) is 5.91 Å². The summed E-state index contributed by atoms with van der Waals surface area (Å²) in [5.74, 6) is -0.927. The van der Waals surface area contributed by atoms with Crippen molar-refractivity contribution in [2.45, 2.75) is 31.3 Å². The van der Waals surface area contributed by atoms with E-state index in [-0.39, 0.29) is 23.7 Å². The highest BCUT2D eigenvalue weighted by molar-refractivity contribution is 7.19. The number of fused-ring (bicyclic) bond motifs is 2. The summed E-state index contributed by atoms with van der Waals surface area (Å²) in [7, 11) is 3.71. The normalized spacial score (nSPS) is 23.7. The lowest BCUT2D eigenvalue weighted by Crippen LogP contribution is -2.51. The maximum absolute atomic E-state index is 13.4. The smallest absolute Gasteiger partial charge is 0.275 e. The summed E-state index contributed by atoms with van der Waals surface area (Å²) in [4.78, 5) is 34.1. The third-order valence-corrected chi connectivity index (χ3v) is 6.69. The molecule has 1 aromatic heterocycles. The molecule has 0 radical (unpaired) electrons. The highest BCUT2D eigenvalue weighted by Crippen LogP contribution is 2.44. The third kappa shape index (κ3) is 2.97. The number of benzene rings is 1. The maximum atomic E-state index is 13.4. The standard InChI is InChI=1S/C19H21FN4O2S/c1-23(2)19-22-14(16(27-19)10-3-6-12(20)7-4-10)18(26)24-13-8-5-11(9-13)15(24)17(21)25/h3-4,6-7,11,13,15H,5,8-9H2,1-2H3,(H2,21,25)/t11-,13+,15-/m0/s1. The van der Waals surface area contributed by atoms with E-state index < -0.39 is 11.9 Å². The molecule has 1 aliphatic carbocycles. The number of amides is 2. The predicted octanol–water partition coefficient (Wildman–Crippen LogP) is 2.49. The Morgan fingerprint density at radius 2 is 1.96 bits per heavy atom. The van der Waals surface area contributed by atoms with Gasteiger partial charge in [-0.1, -0.05) is 23.5 Å². The SMILES string of the molecule is CN(C)c1nc(C(=O)N2[C@@H]3CC[C@@H](C3)[C@H]2C(N)=O)c(-c2ccc(F)cc2)s1. The van der Waals surface area contributed by atoms with Gasteiger partial charge in [0.2, 0.25) is 5.91 Å². The highest BCUT2D eigenvalue weighted by Gasteiger charge is 2.51. The number of halogens is 1. The highest BCUT2D eigenvalue weighted by atomic mass is 32.1. The average Bonchev–Trinajstić information content (AvgIpc) is 3.35. The number of nitrogens with two attached hydrogens (primary N) is 1. The topological polar surface area (TPSA) is 79.5 Å². The first-order chi connectivity index (χ1) is 12.9.